The second-order valence-electron chi connectivity index (χ2n) is 6.89. The molecule has 3 heteroatoms. The van der Waals surface area contributed by atoms with Crippen molar-refractivity contribution in [1.29, 1.82) is 0 Å². The average molecular weight is 257 g/mol. The fraction of sp³-hybridized carbons (Fsp3) is 0.750. The van der Waals surface area contributed by atoms with Crippen molar-refractivity contribution in [2.45, 2.75) is 44.6 Å². The van der Waals surface area contributed by atoms with E-state index < -0.39 is 0 Å². The van der Waals surface area contributed by atoms with Gasteiger partial charge in [-0.05, 0) is 68.9 Å². The van der Waals surface area contributed by atoms with Gasteiger partial charge in [-0.3, -0.25) is 0 Å². The van der Waals surface area contributed by atoms with Crippen LogP contribution in [0.4, 0.5) is 0 Å². The molecule has 0 unspecified atom stereocenters. The summed E-state index contributed by atoms with van der Waals surface area (Å²) in [7, 11) is 1.98. The van der Waals surface area contributed by atoms with Crippen molar-refractivity contribution in [1.82, 2.24) is 15.3 Å². The average Bonchev–Trinajstić information content (AvgIpc) is 2.38. The molecule has 3 nitrogen and oxygen atoms in total. The third kappa shape index (κ3) is 1.99. The van der Waals surface area contributed by atoms with Crippen LogP contribution < -0.4 is 5.32 Å². The topological polar surface area (TPSA) is 37.8 Å². The first-order valence-corrected chi connectivity index (χ1v) is 7.80. The molecule has 4 fully saturated rings. The summed E-state index contributed by atoms with van der Waals surface area (Å²) in [6, 6.07) is 2.04. The molecular formula is C16H23N3. The van der Waals surface area contributed by atoms with Gasteiger partial charge in [-0.15, -0.1) is 0 Å². The van der Waals surface area contributed by atoms with Crippen molar-refractivity contribution >= 4 is 0 Å². The lowest BCUT2D eigenvalue weighted by Gasteiger charge is -2.53. The van der Waals surface area contributed by atoms with Crippen molar-refractivity contribution in [3.63, 3.8) is 0 Å². The maximum absolute atomic E-state index is 4.83. The van der Waals surface area contributed by atoms with E-state index in [9.17, 15) is 0 Å². The lowest BCUT2D eigenvalue weighted by molar-refractivity contribution is -0.00572. The van der Waals surface area contributed by atoms with E-state index in [4.69, 9.17) is 4.98 Å². The minimum atomic E-state index is 0.657. The third-order valence-corrected chi connectivity index (χ3v) is 5.61. The predicted molar refractivity (Wildman–Crippen MR) is 74.6 cm³/mol. The van der Waals surface area contributed by atoms with Crippen LogP contribution in [0, 0.1) is 23.7 Å². The Morgan fingerprint density at radius 1 is 1.11 bits per heavy atom. The molecule has 1 heterocycles. The van der Waals surface area contributed by atoms with Crippen LogP contribution in [0.15, 0.2) is 12.3 Å². The molecule has 5 rings (SSSR count). The van der Waals surface area contributed by atoms with Crippen molar-refractivity contribution in [2.24, 2.45) is 23.7 Å². The van der Waals surface area contributed by atoms with Gasteiger partial charge in [-0.1, -0.05) is 0 Å². The van der Waals surface area contributed by atoms with Crippen LogP contribution >= 0.6 is 0 Å². The van der Waals surface area contributed by atoms with Gasteiger partial charge in [0.15, 0.2) is 0 Å². The van der Waals surface area contributed by atoms with Gasteiger partial charge < -0.3 is 5.32 Å². The number of hydrogen-bond acceptors (Lipinski definition) is 3. The van der Waals surface area contributed by atoms with E-state index in [0.717, 1.165) is 41.7 Å². The van der Waals surface area contributed by atoms with Gasteiger partial charge in [0.25, 0.3) is 0 Å². The fourth-order valence-electron chi connectivity index (χ4n) is 5.20. The molecule has 0 aromatic carbocycles. The highest BCUT2D eigenvalue weighted by Crippen LogP contribution is 2.59. The Morgan fingerprint density at radius 3 is 2.42 bits per heavy atom. The van der Waals surface area contributed by atoms with Crippen LogP contribution in [0.3, 0.4) is 0 Å². The molecule has 1 aromatic heterocycles. The summed E-state index contributed by atoms with van der Waals surface area (Å²) in [5, 5.41) is 3.19. The zero-order chi connectivity index (χ0) is 12.8. The maximum Gasteiger partial charge on any atom is 0.132 e. The van der Waals surface area contributed by atoms with Crippen LogP contribution in [-0.4, -0.2) is 17.0 Å². The van der Waals surface area contributed by atoms with Crippen molar-refractivity contribution in [3.8, 4) is 0 Å². The molecule has 0 amide bonds. The fourth-order valence-corrected chi connectivity index (χ4v) is 5.20. The summed E-state index contributed by atoms with van der Waals surface area (Å²) in [5.41, 5.74) is 1.14. The van der Waals surface area contributed by atoms with Gasteiger partial charge in [-0.2, -0.15) is 0 Å². The molecular weight excluding hydrogens is 234 g/mol. The molecule has 0 saturated heterocycles. The van der Waals surface area contributed by atoms with Gasteiger partial charge in [-0.25, -0.2) is 9.97 Å². The zero-order valence-electron chi connectivity index (χ0n) is 11.7. The van der Waals surface area contributed by atoms with Crippen LogP contribution in [0.1, 0.15) is 49.5 Å². The summed E-state index contributed by atoms with van der Waals surface area (Å²) in [5.74, 6) is 5.60. The molecule has 4 aliphatic rings. The normalized spacial score (nSPS) is 39.7. The summed E-state index contributed by atoms with van der Waals surface area (Å²) in [6.07, 6.45) is 9.24. The molecule has 1 N–H and O–H groups in total. The molecule has 0 spiro atoms. The Kier molecular flexibility index (Phi) is 2.83. The van der Waals surface area contributed by atoms with Gasteiger partial charge in [0.05, 0.1) is 5.69 Å². The van der Waals surface area contributed by atoms with E-state index in [1.165, 1.54) is 32.1 Å². The van der Waals surface area contributed by atoms with E-state index in [1.54, 1.807) is 0 Å². The van der Waals surface area contributed by atoms with Gasteiger partial charge in [0, 0.05) is 18.7 Å². The molecule has 0 radical (unpaired) electrons. The number of aromatic nitrogens is 2. The van der Waals surface area contributed by atoms with E-state index in [-0.39, 0.29) is 0 Å². The van der Waals surface area contributed by atoms with E-state index in [2.05, 4.69) is 10.3 Å². The second-order valence-corrected chi connectivity index (χ2v) is 6.89. The molecule has 4 bridgehead atoms. The standard InChI is InChI=1S/C16H23N3/c1-17-9-14-2-3-18-16(19-14)15-12-5-10-4-11(7-12)8-13(15)6-10/h2-3,10-13,15,17H,4-9H2,1H3. The summed E-state index contributed by atoms with van der Waals surface area (Å²) in [4.78, 5) is 9.46. The highest BCUT2D eigenvalue weighted by atomic mass is 14.9. The molecule has 4 saturated carbocycles. The van der Waals surface area contributed by atoms with Crippen LogP contribution in [0.2, 0.25) is 0 Å². The molecule has 0 atom stereocenters. The largest absolute Gasteiger partial charge is 0.314 e. The van der Waals surface area contributed by atoms with Gasteiger partial charge in [0.1, 0.15) is 5.82 Å². The summed E-state index contributed by atoms with van der Waals surface area (Å²) < 4.78 is 0. The Labute approximate surface area is 115 Å². The van der Waals surface area contributed by atoms with E-state index in [1.807, 2.05) is 19.3 Å². The van der Waals surface area contributed by atoms with Crippen molar-refractivity contribution < 1.29 is 0 Å². The molecule has 102 valence electrons. The Morgan fingerprint density at radius 2 is 1.79 bits per heavy atom. The number of nitrogens with one attached hydrogen (secondary N) is 1. The number of hydrogen-bond donors (Lipinski definition) is 1. The minimum absolute atomic E-state index is 0.657. The predicted octanol–water partition coefficient (Wildman–Crippen LogP) is 2.74. The lowest BCUT2D eigenvalue weighted by Crippen LogP contribution is -2.44. The minimum Gasteiger partial charge on any atom is -0.314 e. The Bertz CT molecular complexity index is 443. The van der Waals surface area contributed by atoms with Crippen LogP contribution in [0.25, 0.3) is 0 Å². The van der Waals surface area contributed by atoms with Crippen LogP contribution in [-0.2, 0) is 6.54 Å². The number of nitrogens with zero attached hydrogens (tertiary/aromatic N) is 2. The maximum atomic E-state index is 4.83. The molecule has 1 aromatic rings. The van der Waals surface area contributed by atoms with Gasteiger partial charge >= 0.3 is 0 Å². The highest BCUT2D eigenvalue weighted by molar-refractivity contribution is 5.13. The SMILES string of the molecule is CNCc1ccnc(C2C3CC4CC(C3)CC2C4)n1. The Balaban J connectivity index is 1.63. The summed E-state index contributed by atoms with van der Waals surface area (Å²) in [6.45, 7) is 0.850. The van der Waals surface area contributed by atoms with Crippen molar-refractivity contribution in [2.75, 3.05) is 7.05 Å². The first kappa shape index (κ1) is 11.8. The van der Waals surface area contributed by atoms with E-state index in [0.29, 0.717) is 5.92 Å². The molecule has 4 aliphatic carbocycles. The van der Waals surface area contributed by atoms with Crippen molar-refractivity contribution in [3.05, 3.63) is 23.8 Å². The number of rotatable bonds is 3. The van der Waals surface area contributed by atoms with Gasteiger partial charge in [0.2, 0.25) is 0 Å². The summed E-state index contributed by atoms with van der Waals surface area (Å²) >= 11 is 0. The third-order valence-electron chi connectivity index (χ3n) is 5.61. The monoisotopic (exact) mass is 257 g/mol. The Hall–Kier alpha value is -0.960. The first-order valence-electron chi connectivity index (χ1n) is 7.80. The quantitative estimate of drug-likeness (QED) is 0.904. The first-order chi connectivity index (χ1) is 9.33. The smallest absolute Gasteiger partial charge is 0.132 e. The second kappa shape index (κ2) is 4.55. The molecule has 0 aliphatic heterocycles. The highest BCUT2D eigenvalue weighted by Gasteiger charge is 2.49. The molecule has 19 heavy (non-hydrogen) atoms. The lowest BCUT2D eigenvalue weighted by atomic mass is 9.51. The van der Waals surface area contributed by atoms with E-state index >= 15 is 0 Å². The zero-order valence-corrected chi connectivity index (χ0v) is 11.7. The van der Waals surface area contributed by atoms with Crippen LogP contribution in [0.5, 0.6) is 0 Å².